The molecule has 0 bridgehead atoms. The number of amides is 1. The Hall–Kier alpha value is -1.69. The number of anilines is 1. The van der Waals surface area contributed by atoms with E-state index in [9.17, 15) is 4.79 Å². The molecule has 1 aromatic heterocycles. The van der Waals surface area contributed by atoms with Crippen LogP contribution >= 0.6 is 0 Å². The van der Waals surface area contributed by atoms with Crippen molar-refractivity contribution >= 4 is 11.7 Å². The van der Waals surface area contributed by atoms with E-state index in [4.69, 9.17) is 5.73 Å². The highest BCUT2D eigenvalue weighted by molar-refractivity contribution is 5.79. The van der Waals surface area contributed by atoms with E-state index in [-0.39, 0.29) is 11.9 Å². The smallest absolute Gasteiger partial charge is 0.234 e. The Balaban J connectivity index is 2.14. The van der Waals surface area contributed by atoms with Crippen molar-refractivity contribution in [3.8, 4) is 0 Å². The lowest BCUT2D eigenvalue weighted by atomic mass is 10.0. The monoisotopic (exact) mass is 263 g/mol. The van der Waals surface area contributed by atoms with Gasteiger partial charge in [0.25, 0.3) is 0 Å². The van der Waals surface area contributed by atoms with Crippen molar-refractivity contribution in [1.29, 1.82) is 0 Å². The van der Waals surface area contributed by atoms with Crippen LogP contribution in [0.5, 0.6) is 0 Å². The summed E-state index contributed by atoms with van der Waals surface area (Å²) in [6.45, 7) is 3.39. The Morgan fingerprint density at radius 2 is 2.32 bits per heavy atom. The van der Waals surface area contributed by atoms with Gasteiger partial charge < -0.3 is 11.1 Å². The van der Waals surface area contributed by atoms with Crippen molar-refractivity contribution in [2.24, 2.45) is 5.73 Å². The van der Waals surface area contributed by atoms with Crippen LogP contribution in [-0.2, 0) is 11.3 Å². The summed E-state index contributed by atoms with van der Waals surface area (Å²) in [6, 6.07) is 1.71. The molecule has 1 fully saturated rings. The molecule has 0 saturated carbocycles. The molecule has 1 aromatic rings. The molecule has 1 atom stereocenters. The number of likely N-dealkylation sites (tertiary alicyclic amines) is 1. The lowest BCUT2D eigenvalue weighted by molar-refractivity contribution is -0.124. The van der Waals surface area contributed by atoms with E-state index >= 15 is 0 Å². The minimum atomic E-state index is -0.249. The standard InChI is InChI=1S/C13H21N5O/c1-9-7-11(15-2)17-12(16-9)8-18-6-4-3-5-10(18)13(14)19/h7,10H,3-6,8H2,1-2H3,(H2,14,19)(H,15,16,17). The van der Waals surface area contributed by atoms with Crippen molar-refractivity contribution in [2.45, 2.75) is 38.8 Å². The van der Waals surface area contributed by atoms with Crippen molar-refractivity contribution in [2.75, 3.05) is 18.9 Å². The number of primary amides is 1. The molecule has 19 heavy (non-hydrogen) atoms. The van der Waals surface area contributed by atoms with Gasteiger partial charge in [-0.25, -0.2) is 9.97 Å². The Morgan fingerprint density at radius 3 is 3.00 bits per heavy atom. The lowest BCUT2D eigenvalue weighted by Gasteiger charge is -2.32. The fraction of sp³-hybridized carbons (Fsp3) is 0.615. The Labute approximate surface area is 113 Å². The topological polar surface area (TPSA) is 84.1 Å². The Bertz CT molecular complexity index is 462. The third kappa shape index (κ3) is 3.41. The van der Waals surface area contributed by atoms with Crippen LogP contribution in [-0.4, -0.2) is 40.4 Å². The zero-order valence-electron chi connectivity index (χ0n) is 11.5. The fourth-order valence-corrected chi connectivity index (χ4v) is 2.51. The van der Waals surface area contributed by atoms with Crippen LogP contribution in [0.25, 0.3) is 0 Å². The molecule has 1 aliphatic heterocycles. The Morgan fingerprint density at radius 1 is 1.53 bits per heavy atom. The van der Waals surface area contributed by atoms with Gasteiger partial charge in [-0.15, -0.1) is 0 Å². The quantitative estimate of drug-likeness (QED) is 0.834. The predicted molar refractivity (Wildman–Crippen MR) is 73.6 cm³/mol. The summed E-state index contributed by atoms with van der Waals surface area (Å²) in [5, 5.41) is 3.02. The van der Waals surface area contributed by atoms with E-state index in [1.165, 1.54) is 0 Å². The minimum Gasteiger partial charge on any atom is -0.373 e. The van der Waals surface area contributed by atoms with Crippen LogP contribution in [0.1, 0.15) is 30.8 Å². The van der Waals surface area contributed by atoms with E-state index in [1.54, 1.807) is 0 Å². The highest BCUT2D eigenvalue weighted by Crippen LogP contribution is 2.19. The van der Waals surface area contributed by atoms with Gasteiger partial charge in [0.1, 0.15) is 11.6 Å². The van der Waals surface area contributed by atoms with Crippen LogP contribution in [0.4, 0.5) is 5.82 Å². The number of hydrogen-bond acceptors (Lipinski definition) is 5. The van der Waals surface area contributed by atoms with Crippen molar-refractivity contribution in [3.63, 3.8) is 0 Å². The second kappa shape index (κ2) is 5.97. The highest BCUT2D eigenvalue weighted by Gasteiger charge is 2.27. The van der Waals surface area contributed by atoms with E-state index < -0.39 is 0 Å². The molecule has 2 rings (SSSR count). The third-order valence-corrected chi connectivity index (χ3v) is 3.44. The number of aromatic nitrogens is 2. The maximum atomic E-state index is 11.5. The molecule has 1 aliphatic rings. The first kappa shape index (κ1) is 13.7. The zero-order valence-corrected chi connectivity index (χ0v) is 11.5. The second-order valence-corrected chi connectivity index (χ2v) is 4.95. The van der Waals surface area contributed by atoms with Gasteiger partial charge in [-0.05, 0) is 26.3 Å². The molecule has 6 heteroatoms. The fourth-order valence-electron chi connectivity index (χ4n) is 2.51. The number of nitrogens with two attached hydrogens (primary N) is 1. The van der Waals surface area contributed by atoms with Crippen LogP contribution in [0.15, 0.2) is 6.07 Å². The number of piperidine rings is 1. The van der Waals surface area contributed by atoms with Crippen LogP contribution in [0.2, 0.25) is 0 Å². The van der Waals surface area contributed by atoms with Crippen LogP contribution in [0.3, 0.4) is 0 Å². The SMILES string of the molecule is CNc1cc(C)nc(CN2CCCCC2C(N)=O)n1. The van der Waals surface area contributed by atoms with Gasteiger partial charge in [-0.1, -0.05) is 6.42 Å². The number of carbonyl (C=O) groups excluding carboxylic acids is 1. The van der Waals surface area contributed by atoms with E-state index in [0.29, 0.717) is 6.54 Å². The van der Waals surface area contributed by atoms with Gasteiger partial charge in [0.15, 0.2) is 0 Å². The summed E-state index contributed by atoms with van der Waals surface area (Å²) < 4.78 is 0. The lowest BCUT2D eigenvalue weighted by Crippen LogP contribution is -2.47. The van der Waals surface area contributed by atoms with Crippen molar-refractivity contribution < 1.29 is 4.79 Å². The first-order valence-corrected chi connectivity index (χ1v) is 6.66. The molecule has 1 saturated heterocycles. The second-order valence-electron chi connectivity index (χ2n) is 4.95. The van der Waals surface area contributed by atoms with Crippen LogP contribution in [0, 0.1) is 6.92 Å². The summed E-state index contributed by atoms with van der Waals surface area (Å²) in [6.07, 6.45) is 2.98. The average molecular weight is 263 g/mol. The molecule has 104 valence electrons. The zero-order chi connectivity index (χ0) is 13.8. The molecule has 1 amide bonds. The Kier molecular flexibility index (Phi) is 4.31. The maximum absolute atomic E-state index is 11.5. The summed E-state index contributed by atoms with van der Waals surface area (Å²) >= 11 is 0. The van der Waals surface area contributed by atoms with Crippen LogP contribution < -0.4 is 11.1 Å². The van der Waals surface area contributed by atoms with E-state index in [1.807, 2.05) is 20.0 Å². The number of aryl methyl sites for hydroxylation is 1. The van der Waals surface area contributed by atoms with Gasteiger partial charge in [0.05, 0.1) is 12.6 Å². The molecule has 0 aromatic carbocycles. The number of rotatable bonds is 4. The first-order chi connectivity index (χ1) is 9.10. The van der Waals surface area contributed by atoms with Crippen molar-refractivity contribution in [1.82, 2.24) is 14.9 Å². The summed E-state index contributed by atoms with van der Waals surface area (Å²) in [5.74, 6) is 1.29. The van der Waals surface area contributed by atoms with Gasteiger partial charge in [0.2, 0.25) is 5.91 Å². The highest BCUT2D eigenvalue weighted by atomic mass is 16.1. The van der Waals surface area contributed by atoms with Gasteiger partial charge in [-0.3, -0.25) is 9.69 Å². The minimum absolute atomic E-state index is 0.184. The predicted octanol–water partition coefficient (Wildman–Crippen LogP) is 0.667. The molecule has 6 nitrogen and oxygen atoms in total. The molecular formula is C13H21N5O. The molecule has 0 radical (unpaired) electrons. The normalized spacial score (nSPS) is 20.2. The number of carbonyl (C=O) groups is 1. The number of nitrogens with one attached hydrogen (secondary N) is 1. The van der Waals surface area contributed by atoms with Gasteiger partial charge in [0, 0.05) is 18.8 Å². The van der Waals surface area contributed by atoms with Crippen molar-refractivity contribution in [3.05, 3.63) is 17.6 Å². The average Bonchev–Trinajstić information content (AvgIpc) is 2.38. The summed E-state index contributed by atoms with van der Waals surface area (Å²) in [7, 11) is 1.83. The molecule has 0 spiro atoms. The molecule has 1 unspecified atom stereocenters. The molecule has 2 heterocycles. The van der Waals surface area contributed by atoms with E-state index in [2.05, 4.69) is 20.2 Å². The number of hydrogen-bond donors (Lipinski definition) is 2. The summed E-state index contributed by atoms with van der Waals surface area (Å²) in [5.41, 5.74) is 6.38. The van der Waals surface area contributed by atoms with Gasteiger partial charge >= 0.3 is 0 Å². The third-order valence-electron chi connectivity index (χ3n) is 3.44. The molecular weight excluding hydrogens is 242 g/mol. The van der Waals surface area contributed by atoms with E-state index in [0.717, 1.165) is 43.1 Å². The van der Waals surface area contributed by atoms with Gasteiger partial charge in [-0.2, -0.15) is 0 Å². The molecule has 0 aliphatic carbocycles. The maximum Gasteiger partial charge on any atom is 0.234 e. The first-order valence-electron chi connectivity index (χ1n) is 6.66. The number of nitrogens with zero attached hydrogens (tertiary/aromatic N) is 3. The molecule has 3 N–H and O–H groups in total. The summed E-state index contributed by atoms with van der Waals surface area (Å²) in [4.78, 5) is 22.4. The largest absolute Gasteiger partial charge is 0.373 e.